The first kappa shape index (κ1) is 22.2. The Hall–Kier alpha value is -0.817. The maximum atomic E-state index is 3.35. The van der Waals surface area contributed by atoms with Crippen molar-refractivity contribution in [3.8, 4) is 0 Å². The summed E-state index contributed by atoms with van der Waals surface area (Å²) >= 11 is 0. The van der Waals surface area contributed by atoms with Gasteiger partial charge in [-0.1, -0.05) is 53.4 Å². The second kappa shape index (κ2) is 11.7. The summed E-state index contributed by atoms with van der Waals surface area (Å²) in [6.07, 6.45) is 15.6. The van der Waals surface area contributed by atoms with Crippen LogP contribution in [0.3, 0.4) is 0 Å². The van der Waals surface area contributed by atoms with Crippen molar-refractivity contribution in [1.82, 2.24) is 9.13 Å². The number of nitrogens with zero attached hydrogens (tertiary/aromatic N) is 2. The fourth-order valence-electron chi connectivity index (χ4n) is 2.65. The van der Waals surface area contributed by atoms with Gasteiger partial charge in [-0.25, -0.2) is 0 Å². The molecule has 2 aromatic heterocycles. The average molecular weight is 402 g/mol. The molecule has 130 valence electrons. The van der Waals surface area contributed by atoms with Crippen molar-refractivity contribution in [2.75, 3.05) is 0 Å². The standard InChI is InChI=1S/2C10H16N.Ru/c2*1-4-9-7-11(6-3)8-10(9)5-2;/h2*7H,4-6H2,1-3H3;/q2*-1;+2. The summed E-state index contributed by atoms with van der Waals surface area (Å²) in [6.45, 7) is 15.1. The number of hydrogen-bond donors (Lipinski definition) is 0. The molecule has 0 saturated heterocycles. The zero-order valence-electron chi connectivity index (χ0n) is 15.6. The predicted octanol–water partition coefficient (Wildman–Crippen LogP) is 4.86. The molecule has 0 radical (unpaired) electrons. The van der Waals surface area contributed by atoms with Crippen LogP contribution in [0.25, 0.3) is 0 Å². The molecular formula is C20H32N2Ru. The zero-order valence-corrected chi connectivity index (χ0v) is 17.4. The van der Waals surface area contributed by atoms with Gasteiger partial charge in [-0.3, -0.25) is 0 Å². The van der Waals surface area contributed by atoms with Crippen LogP contribution >= 0.6 is 0 Å². The van der Waals surface area contributed by atoms with Gasteiger partial charge in [-0.2, -0.15) is 22.3 Å². The molecule has 2 nitrogen and oxygen atoms in total. The molecule has 2 rings (SSSR count). The van der Waals surface area contributed by atoms with E-state index in [1.807, 2.05) is 0 Å². The maximum Gasteiger partial charge on any atom is 2.00 e. The van der Waals surface area contributed by atoms with Gasteiger partial charge in [0, 0.05) is 0 Å². The van der Waals surface area contributed by atoms with Gasteiger partial charge in [0.05, 0.1) is 0 Å². The molecule has 2 aromatic rings. The van der Waals surface area contributed by atoms with Crippen LogP contribution in [0.15, 0.2) is 12.4 Å². The monoisotopic (exact) mass is 402 g/mol. The second-order valence-corrected chi connectivity index (χ2v) is 5.48. The van der Waals surface area contributed by atoms with Crippen molar-refractivity contribution in [2.24, 2.45) is 0 Å². The van der Waals surface area contributed by atoms with E-state index < -0.39 is 0 Å². The molecule has 3 heteroatoms. The van der Waals surface area contributed by atoms with Crippen LogP contribution in [0, 0.1) is 12.4 Å². The van der Waals surface area contributed by atoms with E-state index in [1.165, 1.54) is 22.3 Å². The van der Waals surface area contributed by atoms with Gasteiger partial charge >= 0.3 is 19.5 Å². The van der Waals surface area contributed by atoms with Crippen LogP contribution in [0.4, 0.5) is 0 Å². The van der Waals surface area contributed by atoms with Gasteiger partial charge in [0.25, 0.3) is 0 Å². The Bertz CT molecular complexity index is 459. The van der Waals surface area contributed by atoms with E-state index >= 15 is 0 Å². The van der Waals surface area contributed by atoms with Crippen molar-refractivity contribution in [3.63, 3.8) is 0 Å². The summed E-state index contributed by atoms with van der Waals surface area (Å²) in [5, 5.41) is 0. The molecule has 0 aromatic carbocycles. The molecule has 0 aliphatic rings. The van der Waals surface area contributed by atoms with Crippen LogP contribution in [-0.4, -0.2) is 9.13 Å². The number of aryl methyl sites for hydroxylation is 6. The summed E-state index contributed by atoms with van der Waals surface area (Å²) in [6, 6.07) is 0. The Balaban J connectivity index is 0.000000403. The van der Waals surface area contributed by atoms with E-state index in [-0.39, 0.29) is 19.5 Å². The van der Waals surface area contributed by atoms with Gasteiger partial charge in [0.2, 0.25) is 0 Å². The Kier molecular flexibility index (Phi) is 11.3. The number of hydrogen-bond acceptors (Lipinski definition) is 0. The Morgan fingerprint density at radius 2 is 1.00 bits per heavy atom. The smallest absolute Gasteiger partial charge is 0.471 e. The van der Waals surface area contributed by atoms with Gasteiger partial charge in [-0.15, -0.1) is 24.8 Å². The van der Waals surface area contributed by atoms with Crippen molar-refractivity contribution in [3.05, 3.63) is 47.0 Å². The minimum Gasteiger partial charge on any atom is -0.471 e. The van der Waals surface area contributed by atoms with Gasteiger partial charge in [-0.05, 0) is 26.9 Å². The Morgan fingerprint density at radius 3 is 1.17 bits per heavy atom. The third-order valence-electron chi connectivity index (χ3n) is 4.11. The largest absolute Gasteiger partial charge is 2.00 e. The van der Waals surface area contributed by atoms with Crippen molar-refractivity contribution >= 4 is 0 Å². The molecule has 0 N–H and O–H groups in total. The van der Waals surface area contributed by atoms with Crippen LogP contribution in [-0.2, 0) is 58.3 Å². The Morgan fingerprint density at radius 1 is 0.652 bits per heavy atom. The van der Waals surface area contributed by atoms with Crippen LogP contribution in [0.5, 0.6) is 0 Å². The quantitative estimate of drug-likeness (QED) is 0.483. The van der Waals surface area contributed by atoms with E-state index in [9.17, 15) is 0 Å². The predicted molar refractivity (Wildman–Crippen MR) is 95.4 cm³/mol. The Labute approximate surface area is 156 Å². The molecule has 0 amide bonds. The maximum absolute atomic E-state index is 3.35. The first-order valence-electron chi connectivity index (χ1n) is 8.83. The molecule has 0 bridgehead atoms. The number of rotatable bonds is 6. The molecule has 0 atom stereocenters. The van der Waals surface area contributed by atoms with Crippen LogP contribution in [0.1, 0.15) is 63.8 Å². The second-order valence-electron chi connectivity index (χ2n) is 5.48. The molecule has 0 unspecified atom stereocenters. The van der Waals surface area contributed by atoms with Crippen molar-refractivity contribution in [2.45, 2.75) is 80.3 Å². The normalized spacial score (nSPS) is 10.0. The molecule has 0 saturated carbocycles. The van der Waals surface area contributed by atoms with E-state index in [2.05, 4.69) is 75.5 Å². The van der Waals surface area contributed by atoms with Crippen molar-refractivity contribution in [1.29, 1.82) is 0 Å². The molecule has 0 spiro atoms. The van der Waals surface area contributed by atoms with E-state index in [0.717, 1.165) is 38.8 Å². The molecule has 0 aliphatic heterocycles. The minimum absolute atomic E-state index is 0. The first-order valence-corrected chi connectivity index (χ1v) is 8.83. The van der Waals surface area contributed by atoms with Crippen LogP contribution < -0.4 is 0 Å². The number of aromatic nitrogens is 2. The van der Waals surface area contributed by atoms with Gasteiger partial charge in [0.1, 0.15) is 0 Å². The molecule has 0 fully saturated rings. The fourth-order valence-corrected chi connectivity index (χ4v) is 2.65. The summed E-state index contributed by atoms with van der Waals surface area (Å²) in [4.78, 5) is 0. The summed E-state index contributed by atoms with van der Waals surface area (Å²) in [5.41, 5.74) is 5.67. The summed E-state index contributed by atoms with van der Waals surface area (Å²) in [5.74, 6) is 0. The molecule has 2 heterocycles. The third kappa shape index (κ3) is 6.30. The summed E-state index contributed by atoms with van der Waals surface area (Å²) < 4.78 is 4.27. The topological polar surface area (TPSA) is 9.86 Å². The molecule has 23 heavy (non-hydrogen) atoms. The minimum atomic E-state index is 0. The van der Waals surface area contributed by atoms with Gasteiger partial charge < -0.3 is 9.13 Å². The summed E-state index contributed by atoms with van der Waals surface area (Å²) in [7, 11) is 0. The van der Waals surface area contributed by atoms with E-state index in [4.69, 9.17) is 0 Å². The molecular weight excluding hydrogens is 369 g/mol. The SMILES string of the molecule is CCc1[c-]n(CC)cc1CC.CCc1[c-]n(CC)cc1CC.[Ru+2]. The van der Waals surface area contributed by atoms with Crippen LogP contribution in [0.2, 0.25) is 0 Å². The van der Waals surface area contributed by atoms with E-state index in [0.29, 0.717) is 0 Å². The fraction of sp³-hybridized carbons (Fsp3) is 0.600. The third-order valence-corrected chi connectivity index (χ3v) is 4.11. The zero-order chi connectivity index (χ0) is 16.5. The van der Waals surface area contributed by atoms with Gasteiger partial charge in [0.15, 0.2) is 0 Å². The first-order chi connectivity index (χ1) is 10.6. The molecule has 0 aliphatic carbocycles. The van der Waals surface area contributed by atoms with E-state index in [1.54, 1.807) is 0 Å². The average Bonchev–Trinajstić information content (AvgIpc) is 3.17. The van der Waals surface area contributed by atoms with Crippen molar-refractivity contribution < 1.29 is 19.5 Å².